The van der Waals surface area contributed by atoms with Gasteiger partial charge in [0.1, 0.15) is 0 Å². The predicted molar refractivity (Wildman–Crippen MR) is 87.2 cm³/mol. The Kier molecular flexibility index (Phi) is 21.4. The molecule has 2 bridgehead atoms. The minimum absolute atomic E-state index is 0. The molecule has 4 N–H and O–H groups in total. The molecular weight excluding hydrogens is 525 g/mol. The molecule has 13 nitrogen and oxygen atoms in total. The van der Waals surface area contributed by atoms with Crippen LogP contribution in [-0.4, -0.2) is 44.3 Å². The maximum atomic E-state index is 8.49. The van der Waals surface area contributed by atoms with Crippen LogP contribution in [0, 0.1) is 20.5 Å². The van der Waals surface area contributed by atoms with Gasteiger partial charge in [0, 0.05) is 13.1 Å². The Hall–Kier alpha value is -0.231. The second-order valence-electron chi connectivity index (χ2n) is 6.29. The van der Waals surface area contributed by atoms with Gasteiger partial charge in [-0.3, -0.25) is 4.98 Å². The number of halogens is 2. The van der Waals surface area contributed by atoms with Gasteiger partial charge >= 0.3 is 17.1 Å². The van der Waals surface area contributed by atoms with Crippen molar-refractivity contribution in [2.24, 2.45) is 0 Å². The summed E-state index contributed by atoms with van der Waals surface area (Å²) in [6.07, 6.45) is 3.53. The fraction of sp³-hybridized carbons (Fsp3) is 0.688. The maximum Gasteiger partial charge on any atom is 2.00 e. The van der Waals surface area contributed by atoms with E-state index in [0.29, 0.717) is 0 Å². The van der Waals surface area contributed by atoms with E-state index in [0.717, 1.165) is 76.6 Å². The second-order valence-corrected chi connectivity index (χ2v) is 7.80. The molecule has 1 aromatic heterocycles. The van der Waals surface area contributed by atoms with Crippen molar-refractivity contribution in [2.45, 2.75) is 32.4 Å². The molecule has 1 aliphatic rings. The molecular formula is C16H29Cl2CuN5O8. The normalized spacial score (nSPS) is 17.1. The second kappa shape index (κ2) is 20.2. The zero-order chi connectivity index (χ0) is 23.6. The third-order valence-corrected chi connectivity index (χ3v) is 3.60. The molecule has 0 aliphatic carbocycles. The number of aromatic nitrogens is 1. The first kappa shape index (κ1) is 33.9. The number of rotatable bonds is 0. The van der Waals surface area contributed by atoms with Gasteiger partial charge in [0.05, 0.1) is 11.4 Å². The van der Waals surface area contributed by atoms with Gasteiger partial charge in [0.15, 0.2) is 0 Å². The van der Waals surface area contributed by atoms with Gasteiger partial charge in [0.2, 0.25) is 0 Å². The molecule has 1 radical (unpaired) electrons. The summed E-state index contributed by atoms with van der Waals surface area (Å²) in [6.45, 7) is 8.18. The first-order chi connectivity index (χ1) is 14.4. The molecule has 191 valence electrons. The molecule has 0 atom stereocenters. The minimum atomic E-state index is -4.94. The van der Waals surface area contributed by atoms with Crippen molar-refractivity contribution in [3.8, 4) is 0 Å². The largest absolute Gasteiger partial charge is 2.00 e. The van der Waals surface area contributed by atoms with Gasteiger partial charge in [-0.15, -0.1) is 20.5 Å². The van der Waals surface area contributed by atoms with E-state index in [1.165, 1.54) is 6.42 Å². The number of nitrogens with one attached hydrogen (secondary N) is 4. The summed E-state index contributed by atoms with van der Waals surface area (Å²) in [7, 11) is -9.89. The molecule has 0 spiro atoms. The topological polar surface area (TPSA) is 245 Å². The molecule has 0 aromatic carbocycles. The van der Waals surface area contributed by atoms with E-state index in [1.807, 2.05) is 0 Å². The van der Waals surface area contributed by atoms with Crippen LogP contribution in [-0.2, 0) is 30.2 Å². The Morgan fingerprint density at radius 2 is 0.844 bits per heavy atom. The molecule has 16 heteroatoms. The van der Waals surface area contributed by atoms with Crippen LogP contribution < -0.4 is 58.5 Å². The van der Waals surface area contributed by atoms with E-state index >= 15 is 0 Å². The molecule has 0 fully saturated rings. The van der Waals surface area contributed by atoms with Crippen molar-refractivity contribution in [3.05, 3.63) is 29.6 Å². The van der Waals surface area contributed by atoms with E-state index in [1.54, 1.807) is 0 Å². The first-order valence-electron chi connectivity index (χ1n) is 9.46. The van der Waals surface area contributed by atoms with Gasteiger partial charge in [-0.05, 0) is 70.7 Å². The molecule has 2 heterocycles. The predicted octanol–water partition coefficient (Wildman–Crippen LogP) is -8.89. The average molecular weight is 554 g/mol. The molecule has 0 saturated carbocycles. The first-order valence-corrected chi connectivity index (χ1v) is 11.9. The van der Waals surface area contributed by atoms with E-state index in [9.17, 15) is 0 Å². The van der Waals surface area contributed by atoms with Crippen LogP contribution in [0.15, 0.2) is 18.2 Å². The van der Waals surface area contributed by atoms with Gasteiger partial charge in [0.25, 0.3) is 0 Å². The van der Waals surface area contributed by atoms with Crippen LogP contribution in [0.2, 0.25) is 0 Å². The molecule has 1 aliphatic heterocycles. The minimum Gasteiger partial charge on any atom is -0.317 e. The summed E-state index contributed by atoms with van der Waals surface area (Å²) < 4.78 is 67.9. The average Bonchev–Trinajstić information content (AvgIpc) is 2.62. The van der Waals surface area contributed by atoms with Crippen molar-refractivity contribution in [3.63, 3.8) is 0 Å². The summed E-state index contributed by atoms with van der Waals surface area (Å²) in [5.74, 6) is 0. The molecule has 32 heavy (non-hydrogen) atoms. The van der Waals surface area contributed by atoms with Crippen LogP contribution in [0.5, 0.6) is 0 Å². The summed E-state index contributed by atoms with van der Waals surface area (Å²) >= 11 is 0. The van der Waals surface area contributed by atoms with Crippen molar-refractivity contribution < 1.29 is 74.8 Å². The monoisotopic (exact) mass is 552 g/mol. The van der Waals surface area contributed by atoms with Crippen LogP contribution in [0.4, 0.5) is 0 Å². The van der Waals surface area contributed by atoms with Crippen LogP contribution in [0.1, 0.15) is 30.7 Å². The van der Waals surface area contributed by atoms with Crippen LogP contribution in [0.3, 0.4) is 0 Å². The maximum absolute atomic E-state index is 8.49. The van der Waals surface area contributed by atoms with Gasteiger partial charge in [-0.2, -0.15) is 0 Å². The molecule has 0 saturated heterocycles. The van der Waals surface area contributed by atoms with Crippen LogP contribution >= 0.6 is 0 Å². The van der Waals surface area contributed by atoms with Gasteiger partial charge < -0.3 is 21.3 Å². The summed E-state index contributed by atoms with van der Waals surface area (Å²) in [6, 6.07) is 6.29. The number of fused-ring (bicyclic) bond motifs is 2. The molecule has 2 rings (SSSR count). The van der Waals surface area contributed by atoms with E-state index in [2.05, 4.69) is 44.5 Å². The smallest absolute Gasteiger partial charge is 0.317 e. The SMILES string of the molecule is [Cu+2].[O-][Cl+3]([O-])([O-])[O-].[O-][Cl+3]([O-])([O-])[O-].c1cc2nc(c1)CNCCCNCCCNCCCNC2. The van der Waals surface area contributed by atoms with E-state index in [-0.39, 0.29) is 17.1 Å². The third kappa shape index (κ3) is 32.0. The quantitative estimate of drug-likeness (QED) is 0.218. The zero-order valence-corrected chi connectivity index (χ0v) is 19.7. The Balaban J connectivity index is 0. The molecule has 1 aromatic rings. The van der Waals surface area contributed by atoms with Crippen molar-refractivity contribution in [2.75, 3.05) is 39.3 Å². The van der Waals surface area contributed by atoms with Crippen LogP contribution in [0.25, 0.3) is 0 Å². The fourth-order valence-electron chi connectivity index (χ4n) is 2.42. The summed E-state index contributed by atoms with van der Waals surface area (Å²) in [5, 5.41) is 13.9. The van der Waals surface area contributed by atoms with E-state index < -0.39 is 20.5 Å². The third-order valence-electron chi connectivity index (χ3n) is 3.60. The zero-order valence-electron chi connectivity index (χ0n) is 17.3. The van der Waals surface area contributed by atoms with Gasteiger partial charge in [-0.25, -0.2) is 37.3 Å². The summed E-state index contributed by atoms with van der Waals surface area (Å²) in [5.41, 5.74) is 2.26. The Bertz CT molecular complexity index is 515. The van der Waals surface area contributed by atoms with Crippen molar-refractivity contribution >= 4 is 0 Å². The van der Waals surface area contributed by atoms with Crippen molar-refractivity contribution in [1.82, 2.24) is 26.3 Å². The molecule has 0 unspecified atom stereocenters. The Morgan fingerprint density at radius 1 is 0.562 bits per heavy atom. The van der Waals surface area contributed by atoms with Gasteiger partial charge in [-0.1, -0.05) is 6.07 Å². The fourth-order valence-corrected chi connectivity index (χ4v) is 2.42. The number of pyridine rings is 1. The van der Waals surface area contributed by atoms with Crippen molar-refractivity contribution in [1.29, 1.82) is 0 Å². The Morgan fingerprint density at radius 3 is 1.16 bits per heavy atom. The number of nitrogens with zero attached hydrogens (tertiary/aromatic N) is 1. The molecule has 0 amide bonds. The Labute approximate surface area is 202 Å². The number of hydrogen-bond acceptors (Lipinski definition) is 13. The summed E-state index contributed by atoms with van der Waals surface area (Å²) in [4.78, 5) is 4.68. The number of hydrogen-bond donors (Lipinski definition) is 4. The standard InChI is InChI=1S/C16H29N5.2ClHO4.Cu/c1-5-15-13-19-11-3-9-17-7-2-8-18-10-4-12-20-14-16(6-1)21-15;2*2-1(3,4)5;/h1,5-6,17-20H,2-4,7-14H2;2*(H,2,3,4,5);/q;;;+2/p-2. The van der Waals surface area contributed by atoms with E-state index in [4.69, 9.17) is 37.3 Å².